The van der Waals surface area contributed by atoms with E-state index in [0.717, 1.165) is 0 Å². The third kappa shape index (κ3) is 4.28. The minimum atomic E-state index is -3.04. The zero-order chi connectivity index (χ0) is 18.9. The van der Waals surface area contributed by atoms with Gasteiger partial charge in [-0.05, 0) is 43.7 Å². The highest BCUT2D eigenvalue weighted by atomic mass is 35.5. The molecule has 0 radical (unpaired) electrons. The van der Waals surface area contributed by atoms with E-state index in [9.17, 15) is 13.2 Å². The van der Waals surface area contributed by atoms with Crippen LogP contribution >= 0.6 is 23.2 Å². The SMILES string of the molecule is Cc1nn([C@@H]2CCS(=O)(=O)C2)c(Cl)c1/C=C/C(=O)Nc1ccc(Cl)cc1. The summed E-state index contributed by atoms with van der Waals surface area (Å²) < 4.78 is 24.9. The fourth-order valence-electron chi connectivity index (χ4n) is 2.81. The van der Waals surface area contributed by atoms with Crippen LogP contribution in [0.2, 0.25) is 10.2 Å². The number of carbonyl (C=O) groups excluding carboxylic acids is 1. The van der Waals surface area contributed by atoms with Crippen molar-refractivity contribution >= 4 is 50.7 Å². The maximum absolute atomic E-state index is 12.1. The average molecular weight is 414 g/mol. The standard InChI is InChI=1S/C17H17Cl2N3O3S/c1-11-15(6-7-16(23)20-13-4-2-12(18)3-5-13)17(19)22(21-11)14-8-9-26(24,25)10-14/h2-7,14H,8-10H2,1H3,(H,20,23)/b7-6+/t14-/m1/s1. The van der Waals surface area contributed by atoms with E-state index in [1.165, 1.54) is 10.8 Å². The van der Waals surface area contributed by atoms with Crippen LogP contribution in [0.1, 0.15) is 23.7 Å². The van der Waals surface area contributed by atoms with E-state index in [1.54, 1.807) is 37.3 Å². The van der Waals surface area contributed by atoms with Gasteiger partial charge in [0.05, 0.1) is 23.2 Å². The molecule has 1 saturated heterocycles. The molecule has 6 nitrogen and oxygen atoms in total. The fourth-order valence-corrected chi connectivity index (χ4v) is 5.00. The van der Waals surface area contributed by atoms with E-state index in [-0.39, 0.29) is 23.5 Å². The number of benzene rings is 1. The second kappa shape index (κ2) is 7.42. The molecule has 1 amide bonds. The number of hydrogen-bond donors (Lipinski definition) is 1. The predicted octanol–water partition coefficient (Wildman–Crippen LogP) is 3.51. The van der Waals surface area contributed by atoms with Crippen LogP contribution in [-0.2, 0) is 14.6 Å². The number of nitrogens with one attached hydrogen (secondary N) is 1. The first-order chi connectivity index (χ1) is 12.2. The smallest absolute Gasteiger partial charge is 0.248 e. The van der Waals surface area contributed by atoms with Crippen molar-refractivity contribution < 1.29 is 13.2 Å². The quantitative estimate of drug-likeness (QED) is 0.777. The van der Waals surface area contributed by atoms with Crippen LogP contribution in [0.25, 0.3) is 6.08 Å². The van der Waals surface area contributed by atoms with Gasteiger partial charge in [-0.25, -0.2) is 13.1 Å². The maximum atomic E-state index is 12.1. The Labute approximate surface area is 161 Å². The van der Waals surface area contributed by atoms with Crippen LogP contribution in [0.4, 0.5) is 5.69 Å². The Hall–Kier alpha value is -1.83. The lowest BCUT2D eigenvalue weighted by Crippen LogP contribution is -2.12. The average Bonchev–Trinajstić information content (AvgIpc) is 3.07. The number of anilines is 1. The molecule has 1 atom stereocenters. The summed E-state index contributed by atoms with van der Waals surface area (Å²) in [7, 11) is -3.04. The molecule has 0 saturated carbocycles. The van der Waals surface area contributed by atoms with Gasteiger partial charge in [-0.15, -0.1) is 0 Å². The number of nitrogens with zero attached hydrogens (tertiary/aromatic N) is 2. The lowest BCUT2D eigenvalue weighted by atomic mass is 10.2. The molecule has 2 heterocycles. The van der Waals surface area contributed by atoms with Crippen molar-refractivity contribution in [2.45, 2.75) is 19.4 Å². The highest BCUT2D eigenvalue weighted by Gasteiger charge is 2.31. The Morgan fingerprint density at radius 1 is 1.31 bits per heavy atom. The van der Waals surface area contributed by atoms with Gasteiger partial charge in [0.2, 0.25) is 5.91 Å². The first kappa shape index (κ1) is 18.9. The first-order valence-electron chi connectivity index (χ1n) is 7.95. The Morgan fingerprint density at radius 3 is 2.62 bits per heavy atom. The highest BCUT2D eigenvalue weighted by molar-refractivity contribution is 7.91. The van der Waals surface area contributed by atoms with E-state index in [0.29, 0.717) is 33.5 Å². The minimum Gasteiger partial charge on any atom is -0.323 e. The molecule has 1 aromatic heterocycles. The third-order valence-electron chi connectivity index (χ3n) is 4.14. The van der Waals surface area contributed by atoms with Crippen LogP contribution in [-0.4, -0.2) is 35.6 Å². The molecule has 1 aromatic carbocycles. The van der Waals surface area contributed by atoms with Crippen LogP contribution < -0.4 is 5.32 Å². The van der Waals surface area contributed by atoms with Crippen molar-refractivity contribution in [3.63, 3.8) is 0 Å². The molecule has 1 aliphatic heterocycles. The monoisotopic (exact) mass is 413 g/mol. The number of hydrogen-bond acceptors (Lipinski definition) is 4. The maximum Gasteiger partial charge on any atom is 0.248 e. The number of rotatable bonds is 4. The molecule has 1 N–H and O–H groups in total. The van der Waals surface area contributed by atoms with Crippen molar-refractivity contribution in [3.05, 3.63) is 51.8 Å². The van der Waals surface area contributed by atoms with Gasteiger partial charge in [0.1, 0.15) is 5.15 Å². The van der Waals surface area contributed by atoms with Crippen LogP contribution in [0, 0.1) is 6.92 Å². The molecule has 1 fully saturated rings. The Kier molecular flexibility index (Phi) is 5.41. The van der Waals surface area contributed by atoms with Crippen molar-refractivity contribution in [1.29, 1.82) is 0 Å². The minimum absolute atomic E-state index is 0.0358. The molecule has 0 unspecified atom stereocenters. The Morgan fingerprint density at radius 2 is 2.00 bits per heavy atom. The molecule has 2 aromatic rings. The number of carbonyl (C=O) groups is 1. The van der Waals surface area contributed by atoms with E-state index < -0.39 is 9.84 Å². The summed E-state index contributed by atoms with van der Waals surface area (Å²) in [6, 6.07) is 6.50. The van der Waals surface area contributed by atoms with Crippen molar-refractivity contribution in [3.8, 4) is 0 Å². The molecule has 0 aliphatic carbocycles. The van der Waals surface area contributed by atoms with Crippen LogP contribution in [0.5, 0.6) is 0 Å². The second-order valence-electron chi connectivity index (χ2n) is 6.12. The van der Waals surface area contributed by atoms with E-state index in [1.807, 2.05) is 0 Å². The summed E-state index contributed by atoms with van der Waals surface area (Å²) in [5, 5.41) is 7.99. The zero-order valence-corrected chi connectivity index (χ0v) is 16.3. The lowest BCUT2D eigenvalue weighted by molar-refractivity contribution is -0.111. The van der Waals surface area contributed by atoms with Gasteiger partial charge in [0, 0.05) is 22.3 Å². The summed E-state index contributed by atoms with van der Waals surface area (Å²) in [5.74, 6) is -0.144. The van der Waals surface area contributed by atoms with Gasteiger partial charge < -0.3 is 5.32 Å². The number of aryl methyl sites for hydroxylation is 1. The molecule has 26 heavy (non-hydrogen) atoms. The number of aromatic nitrogens is 2. The summed E-state index contributed by atoms with van der Waals surface area (Å²) in [6.45, 7) is 1.77. The van der Waals surface area contributed by atoms with Gasteiger partial charge in [-0.2, -0.15) is 5.10 Å². The number of amides is 1. The topological polar surface area (TPSA) is 81.1 Å². The van der Waals surface area contributed by atoms with Crippen molar-refractivity contribution in [1.82, 2.24) is 9.78 Å². The van der Waals surface area contributed by atoms with E-state index in [2.05, 4.69) is 10.4 Å². The Balaban J connectivity index is 1.74. The molecular weight excluding hydrogens is 397 g/mol. The molecule has 9 heteroatoms. The van der Waals surface area contributed by atoms with Crippen molar-refractivity contribution in [2.24, 2.45) is 0 Å². The Bertz CT molecular complexity index is 966. The summed E-state index contributed by atoms with van der Waals surface area (Å²) in [5.41, 5.74) is 1.86. The fraction of sp³-hybridized carbons (Fsp3) is 0.294. The largest absolute Gasteiger partial charge is 0.323 e. The number of halogens is 2. The van der Waals surface area contributed by atoms with Crippen molar-refractivity contribution in [2.75, 3.05) is 16.8 Å². The molecule has 0 bridgehead atoms. The van der Waals surface area contributed by atoms with Gasteiger partial charge in [0.15, 0.2) is 9.84 Å². The van der Waals surface area contributed by atoms with E-state index in [4.69, 9.17) is 23.2 Å². The summed E-state index contributed by atoms with van der Waals surface area (Å²) in [4.78, 5) is 12.1. The molecule has 0 spiro atoms. The lowest BCUT2D eigenvalue weighted by Gasteiger charge is -2.09. The highest BCUT2D eigenvalue weighted by Crippen LogP contribution is 2.30. The van der Waals surface area contributed by atoms with Gasteiger partial charge in [-0.3, -0.25) is 4.79 Å². The van der Waals surface area contributed by atoms with Gasteiger partial charge >= 0.3 is 0 Å². The predicted molar refractivity (Wildman–Crippen MR) is 103 cm³/mol. The molecule has 3 rings (SSSR count). The summed E-state index contributed by atoms with van der Waals surface area (Å²) >= 11 is 12.2. The van der Waals surface area contributed by atoms with E-state index >= 15 is 0 Å². The van der Waals surface area contributed by atoms with Crippen LogP contribution in [0.3, 0.4) is 0 Å². The second-order valence-corrected chi connectivity index (χ2v) is 9.14. The van der Waals surface area contributed by atoms with Gasteiger partial charge in [-0.1, -0.05) is 23.2 Å². The van der Waals surface area contributed by atoms with Gasteiger partial charge in [0.25, 0.3) is 0 Å². The summed E-state index contributed by atoms with van der Waals surface area (Å²) in [6.07, 6.45) is 3.43. The molecule has 1 aliphatic rings. The normalized spacial score (nSPS) is 19.1. The number of sulfone groups is 1. The zero-order valence-electron chi connectivity index (χ0n) is 13.9. The van der Waals surface area contributed by atoms with Crippen LogP contribution in [0.15, 0.2) is 30.3 Å². The third-order valence-corrected chi connectivity index (χ3v) is 6.52. The molecule has 138 valence electrons. The molecular formula is C17H17Cl2N3O3S. The first-order valence-corrected chi connectivity index (χ1v) is 10.5.